The molecule has 0 aromatic rings. The molecule has 3 N–H and O–H groups in total. The lowest BCUT2D eigenvalue weighted by molar-refractivity contribution is 0.802. The summed E-state index contributed by atoms with van der Waals surface area (Å²) in [7, 11) is 0. The van der Waals surface area contributed by atoms with Gasteiger partial charge in [-0.05, 0) is 0 Å². The van der Waals surface area contributed by atoms with Crippen molar-refractivity contribution in [3.8, 4) is 0 Å². The summed E-state index contributed by atoms with van der Waals surface area (Å²) < 4.78 is 0.301. The van der Waals surface area contributed by atoms with Crippen LogP contribution < -0.4 is 5.73 Å². The van der Waals surface area contributed by atoms with E-state index in [2.05, 4.69) is 20.8 Å². The van der Waals surface area contributed by atoms with E-state index in [1.54, 1.807) is 0 Å². The Morgan fingerprint density at radius 3 is 2.30 bits per heavy atom. The molecule has 0 aliphatic rings. The first kappa shape index (κ1) is 9.82. The van der Waals surface area contributed by atoms with Gasteiger partial charge in [-0.1, -0.05) is 20.8 Å². The summed E-state index contributed by atoms with van der Waals surface area (Å²) >= 11 is 1.84. The Hall–Kier alpha value is -0.180. The van der Waals surface area contributed by atoms with E-state index in [-0.39, 0.29) is 5.84 Å². The molecule has 0 fully saturated rings. The van der Waals surface area contributed by atoms with Crippen molar-refractivity contribution in [2.75, 3.05) is 5.75 Å². The van der Waals surface area contributed by atoms with Crippen LogP contribution >= 0.6 is 11.8 Å². The minimum atomic E-state index is 0.289. The third kappa shape index (κ3) is 7.82. The molecule has 3 heteroatoms. The Labute approximate surface area is 67.1 Å². The largest absolute Gasteiger partial charge is 0.388 e. The second kappa shape index (κ2) is 3.86. The Kier molecular flexibility index (Phi) is 3.79. The second-order valence-electron chi connectivity index (χ2n) is 3.24. The molecule has 0 aliphatic carbocycles. The van der Waals surface area contributed by atoms with Crippen LogP contribution in [0.5, 0.6) is 0 Å². The fourth-order valence-electron chi connectivity index (χ4n) is 0.467. The summed E-state index contributed by atoms with van der Waals surface area (Å²) in [6.45, 7) is 6.49. The van der Waals surface area contributed by atoms with Crippen LogP contribution in [-0.2, 0) is 0 Å². The number of hydrogen-bond acceptors (Lipinski definition) is 2. The van der Waals surface area contributed by atoms with E-state index in [1.807, 2.05) is 11.8 Å². The Bertz CT molecular complexity index is 115. The summed E-state index contributed by atoms with van der Waals surface area (Å²) in [5, 5.41) is 6.97. The van der Waals surface area contributed by atoms with E-state index in [0.717, 1.165) is 5.75 Å². The maximum absolute atomic E-state index is 6.97. The van der Waals surface area contributed by atoms with Gasteiger partial charge in [0.1, 0.15) is 0 Å². The lowest BCUT2D eigenvalue weighted by Crippen LogP contribution is -2.14. The minimum absolute atomic E-state index is 0.289. The molecule has 0 unspecified atom stereocenters. The average molecular weight is 160 g/mol. The molecule has 0 atom stereocenters. The number of hydrogen-bond donors (Lipinski definition) is 2. The molecule has 0 aromatic carbocycles. The zero-order valence-electron chi connectivity index (χ0n) is 6.90. The molecule has 0 aliphatic heterocycles. The zero-order chi connectivity index (χ0) is 8.20. The molecule has 0 saturated heterocycles. The summed E-state index contributed by atoms with van der Waals surface area (Å²) in [5.41, 5.74) is 5.19. The van der Waals surface area contributed by atoms with Crippen LogP contribution in [0.2, 0.25) is 0 Å². The van der Waals surface area contributed by atoms with Gasteiger partial charge in [0.05, 0.1) is 5.84 Å². The first-order valence-corrected chi connectivity index (χ1v) is 4.37. The summed E-state index contributed by atoms with van der Waals surface area (Å²) in [6, 6.07) is 0. The third-order valence-corrected chi connectivity index (χ3v) is 2.18. The van der Waals surface area contributed by atoms with E-state index >= 15 is 0 Å². The van der Waals surface area contributed by atoms with Gasteiger partial charge in [0.25, 0.3) is 0 Å². The molecule has 2 nitrogen and oxygen atoms in total. The summed E-state index contributed by atoms with van der Waals surface area (Å²) in [6.07, 6.45) is 0.710. The lowest BCUT2D eigenvalue weighted by atomic mass is 10.3. The predicted molar refractivity (Wildman–Crippen MR) is 48.7 cm³/mol. The number of nitrogens with one attached hydrogen (secondary N) is 1. The number of nitrogens with two attached hydrogens (primary N) is 1. The number of amidine groups is 1. The Morgan fingerprint density at radius 1 is 1.50 bits per heavy atom. The predicted octanol–water partition coefficient (Wildman–Crippen LogP) is 1.84. The van der Waals surface area contributed by atoms with Gasteiger partial charge in [0.2, 0.25) is 0 Å². The van der Waals surface area contributed by atoms with Crippen molar-refractivity contribution in [3.05, 3.63) is 0 Å². The molecular weight excluding hydrogens is 144 g/mol. The lowest BCUT2D eigenvalue weighted by Gasteiger charge is -2.16. The van der Waals surface area contributed by atoms with E-state index in [0.29, 0.717) is 11.2 Å². The van der Waals surface area contributed by atoms with Crippen LogP contribution in [0.4, 0.5) is 0 Å². The fourth-order valence-corrected chi connectivity index (χ4v) is 1.40. The van der Waals surface area contributed by atoms with Gasteiger partial charge in [-0.15, -0.1) is 0 Å². The Morgan fingerprint density at radius 2 is 2.00 bits per heavy atom. The SMILES string of the molecule is CC(C)(C)SCCC(=N)N. The van der Waals surface area contributed by atoms with Gasteiger partial charge >= 0.3 is 0 Å². The average Bonchev–Trinajstić information content (AvgIpc) is 1.59. The molecule has 0 spiro atoms. The smallest absolute Gasteiger partial charge is 0.0913 e. The highest BCUT2D eigenvalue weighted by molar-refractivity contribution is 8.00. The normalized spacial score (nSPS) is 11.5. The van der Waals surface area contributed by atoms with E-state index < -0.39 is 0 Å². The van der Waals surface area contributed by atoms with Gasteiger partial charge in [0, 0.05) is 16.9 Å². The monoisotopic (exact) mass is 160 g/mol. The zero-order valence-corrected chi connectivity index (χ0v) is 7.72. The minimum Gasteiger partial charge on any atom is -0.388 e. The molecular formula is C7H16N2S. The maximum atomic E-state index is 6.97. The molecule has 0 radical (unpaired) electrons. The summed E-state index contributed by atoms with van der Waals surface area (Å²) in [4.78, 5) is 0. The van der Waals surface area contributed by atoms with E-state index in [9.17, 15) is 0 Å². The Balaban J connectivity index is 3.29. The van der Waals surface area contributed by atoms with Crippen LogP contribution in [0, 0.1) is 5.41 Å². The number of rotatable bonds is 3. The first-order chi connectivity index (χ1) is 4.42. The number of thioether (sulfide) groups is 1. The van der Waals surface area contributed by atoms with Crippen molar-refractivity contribution in [2.24, 2.45) is 5.73 Å². The summed E-state index contributed by atoms with van der Waals surface area (Å²) in [5.74, 6) is 1.25. The third-order valence-electron chi connectivity index (χ3n) is 0.906. The molecule has 0 amide bonds. The molecule has 0 saturated carbocycles. The standard InChI is InChI=1S/C7H16N2S/c1-7(2,3)10-5-4-6(8)9/h4-5H2,1-3H3,(H3,8,9). The molecule has 0 bridgehead atoms. The second-order valence-corrected chi connectivity index (χ2v) is 5.16. The molecule has 0 aromatic heterocycles. The highest BCUT2D eigenvalue weighted by Crippen LogP contribution is 2.23. The van der Waals surface area contributed by atoms with Crippen LogP contribution in [0.25, 0.3) is 0 Å². The van der Waals surface area contributed by atoms with Crippen molar-refractivity contribution in [1.82, 2.24) is 0 Å². The molecule has 60 valence electrons. The van der Waals surface area contributed by atoms with Crippen molar-refractivity contribution >= 4 is 17.6 Å². The maximum Gasteiger partial charge on any atom is 0.0913 e. The molecule has 0 heterocycles. The quantitative estimate of drug-likeness (QED) is 0.489. The molecule has 10 heavy (non-hydrogen) atoms. The van der Waals surface area contributed by atoms with Crippen LogP contribution in [-0.4, -0.2) is 16.3 Å². The van der Waals surface area contributed by atoms with Crippen molar-refractivity contribution < 1.29 is 0 Å². The van der Waals surface area contributed by atoms with Crippen LogP contribution in [0.1, 0.15) is 27.2 Å². The highest BCUT2D eigenvalue weighted by atomic mass is 32.2. The van der Waals surface area contributed by atoms with Gasteiger partial charge in [0.15, 0.2) is 0 Å². The van der Waals surface area contributed by atoms with Crippen molar-refractivity contribution in [1.29, 1.82) is 5.41 Å². The van der Waals surface area contributed by atoms with Gasteiger partial charge in [-0.2, -0.15) is 11.8 Å². The fraction of sp³-hybridized carbons (Fsp3) is 0.857. The van der Waals surface area contributed by atoms with Gasteiger partial charge in [-0.25, -0.2) is 0 Å². The van der Waals surface area contributed by atoms with Crippen molar-refractivity contribution in [2.45, 2.75) is 31.9 Å². The van der Waals surface area contributed by atoms with Crippen molar-refractivity contribution in [3.63, 3.8) is 0 Å². The van der Waals surface area contributed by atoms with E-state index in [1.165, 1.54) is 0 Å². The van der Waals surface area contributed by atoms with Crippen LogP contribution in [0.15, 0.2) is 0 Å². The topological polar surface area (TPSA) is 49.9 Å². The van der Waals surface area contributed by atoms with Gasteiger partial charge < -0.3 is 5.73 Å². The van der Waals surface area contributed by atoms with E-state index in [4.69, 9.17) is 11.1 Å². The highest BCUT2D eigenvalue weighted by Gasteiger charge is 2.09. The van der Waals surface area contributed by atoms with Gasteiger partial charge in [-0.3, -0.25) is 5.41 Å². The first-order valence-electron chi connectivity index (χ1n) is 3.39. The van der Waals surface area contributed by atoms with Crippen LogP contribution in [0.3, 0.4) is 0 Å². The molecule has 0 rings (SSSR count).